The zero-order valence-corrected chi connectivity index (χ0v) is 10.1. The van der Waals surface area contributed by atoms with E-state index in [-0.39, 0.29) is 18.8 Å². The lowest BCUT2D eigenvalue weighted by atomic mass is 10.2. The maximum absolute atomic E-state index is 11.7. The fourth-order valence-corrected chi connectivity index (χ4v) is 2.36. The van der Waals surface area contributed by atoms with E-state index in [0.717, 1.165) is 10.4 Å². The van der Waals surface area contributed by atoms with Crippen molar-refractivity contribution in [3.05, 3.63) is 21.4 Å². The van der Waals surface area contributed by atoms with Gasteiger partial charge in [0, 0.05) is 11.3 Å². The Hall–Kier alpha value is -0.810. The predicted octanol–water partition coefficient (Wildman–Crippen LogP) is 3.22. The summed E-state index contributed by atoms with van der Waals surface area (Å²) in [6.45, 7) is 3.26. The first kappa shape index (κ1) is 13.3. The van der Waals surface area contributed by atoms with Crippen LogP contribution >= 0.6 is 11.3 Å². The van der Waals surface area contributed by atoms with Gasteiger partial charge in [-0.25, -0.2) is 8.78 Å². The van der Waals surface area contributed by atoms with Crippen molar-refractivity contribution in [3.8, 4) is 0 Å². The first-order valence-electron chi connectivity index (χ1n) is 4.97. The molecule has 0 aliphatic carbocycles. The second kappa shape index (κ2) is 6.06. The van der Waals surface area contributed by atoms with Crippen molar-refractivity contribution in [1.82, 2.24) is 0 Å². The molecule has 0 bridgehead atoms. The summed E-state index contributed by atoms with van der Waals surface area (Å²) in [6.07, 6.45) is -2.31. The van der Waals surface area contributed by atoms with Gasteiger partial charge in [-0.1, -0.05) is 0 Å². The average molecular weight is 248 g/mol. The Labute approximate surface area is 97.2 Å². The van der Waals surface area contributed by atoms with Crippen LogP contribution in [0.4, 0.5) is 8.78 Å². The smallest absolute Gasteiger partial charge is 0.261 e. The molecule has 5 heteroatoms. The third kappa shape index (κ3) is 3.98. The lowest BCUT2D eigenvalue weighted by Gasteiger charge is -2.02. The van der Waals surface area contributed by atoms with Crippen LogP contribution in [-0.2, 0) is 4.74 Å². The molecular formula is C11H14F2O2S. The van der Waals surface area contributed by atoms with E-state index >= 15 is 0 Å². The summed E-state index contributed by atoms with van der Waals surface area (Å²) >= 11 is 1.43. The van der Waals surface area contributed by atoms with Crippen molar-refractivity contribution in [2.45, 2.75) is 26.7 Å². The Morgan fingerprint density at radius 1 is 1.50 bits per heavy atom. The molecule has 0 N–H and O–H groups in total. The second-order valence-electron chi connectivity index (χ2n) is 3.51. The Balaban J connectivity index is 2.38. The van der Waals surface area contributed by atoms with E-state index in [1.54, 1.807) is 0 Å². The molecule has 0 amide bonds. The minimum absolute atomic E-state index is 0.0372. The summed E-state index contributed by atoms with van der Waals surface area (Å²) in [5.74, 6) is -0.0372. The number of ether oxygens (including phenoxy) is 1. The molecule has 0 unspecified atom stereocenters. The van der Waals surface area contributed by atoms with Crippen LogP contribution < -0.4 is 0 Å². The highest BCUT2D eigenvalue weighted by molar-refractivity contribution is 7.14. The van der Waals surface area contributed by atoms with Gasteiger partial charge in [-0.15, -0.1) is 11.3 Å². The molecular weight excluding hydrogens is 234 g/mol. The van der Waals surface area contributed by atoms with Gasteiger partial charge < -0.3 is 4.74 Å². The number of ketones is 1. The number of rotatable bonds is 6. The second-order valence-corrected chi connectivity index (χ2v) is 4.76. The molecule has 0 saturated heterocycles. The monoisotopic (exact) mass is 248 g/mol. The van der Waals surface area contributed by atoms with Crippen LogP contribution in [0.2, 0.25) is 0 Å². The van der Waals surface area contributed by atoms with Crippen LogP contribution in [0, 0.1) is 13.8 Å². The normalized spacial score (nSPS) is 11.1. The maximum atomic E-state index is 11.7. The SMILES string of the molecule is Cc1cc(C)c(C(=O)CCOCC(F)F)s1. The van der Waals surface area contributed by atoms with Crippen LogP contribution in [0.5, 0.6) is 0 Å². The minimum Gasteiger partial charge on any atom is -0.375 e. The van der Waals surface area contributed by atoms with Gasteiger partial charge in [-0.3, -0.25) is 4.79 Å². The number of thiophene rings is 1. The highest BCUT2D eigenvalue weighted by atomic mass is 32.1. The molecule has 1 heterocycles. The summed E-state index contributed by atoms with van der Waals surface area (Å²) in [5.41, 5.74) is 0.946. The number of aryl methyl sites for hydroxylation is 2. The molecule has 90 valence electrons. The summed E-state index contributed by atoms with van der Waals surface area (Å²) < 4.78 is 28.2. The molecule has 16 heavy (non-hydrogen) atoms. The average Bonchev–Trinajstić information content (AvgIpc) is 2.52. The number of hydrogen-bond acceptors (Lipinski definition) is 3. The third-order valence-electron chi connectivity index (χ3n) is 2.01. The van der Waals surface area contributed by atoms with E-state index in [0.29, 0.717) is 4.88 Å². The minimum atomic E-state index is -2.47. The molecule has 1 aromatic heterocycles. The van der Waals surface area contributed by atoms with Crippen LogP contribution in [0.3, 0.4) is 0 Å². The number of carbonyl (C=O) groups is 1. The van der Waals surface area contributed by atoms with E-state index in [4.69, 9.17) is 0 Å². The van der Waals surface area contributed by atoms with Gasteiger partial charge in [0.25, 0.3) is 6.43 Å². The van der Waals surface area contributed by atoms with E-state index in [1.165, 1.54) is 11.3 Å². The molecule has 1 aromatic rings. The summed E-state index contributed by atoms with van der Waals surface area (Å²) in [4.78, 5) is 13.5. The van der Waals surface area contributed by atoms with Gasteiger partial charge in [0.05, 0.1) is 11.5 Å². The Bertz CT molecular complexity index is 361. The van der Waals surface area contributed by atoms with Crippen LogP contribution in [0.1, 0.15) is 26.5 Å². The topological polar surface area (TPSA) is 26.3 Å². The molecule has 0 aliphatic heterocycles. The largest absolute Gasteiger partial charge is 0.375 e. The fraction of sp³-hybridized carbons (Fsp3) is 0.545. The van der Waals surface area contributed by atoms with Gasteiger partial charge in [0.2, 0.25) is 0 Å². The summed E-state index contributed by atoms with van der Waals surface area (Å²) in [7, 11) is 0. The quantitative estimate of drug-likeness (QED) is 0.570. The molecule has 0 saturated carbocycles. The molecule has 0 aromatic carbocycles. The van der Waals surface area contributed by atoms with Crippen molar-refractivity contribution in [2.75, 3.05) is 13.2 Å². The molecule has 2 nitrogen and oxygen atoms in total. The number of hydrogen-bond donors (Lipinski definition) is 0. The van der Waals surface area contributed by atoms with Crippen LogP contribution in [0.15, 0.2) is 6.07 Å². The van der Waals surface area contributed by atoms with Gasteiger partial charge >= 0.3 is 0 Å². The first-order chi connectivity index (χ1) is 7.50. The lowest BCUT2D eigenvalue weighted by Crippen LogP contribution is -2.09. The van der Waals surface area contributed by atoms with Crippen molar-refractivity contribution in [3.63, 3.8) is 0 Å². The van der Waals surface area contributed by atoms with E-state index in [9.17, 15) is 13.6 Å². The van der Waals surface area contributed by atoms with Gasteiger partial charge in [0.15, 0.2) is 5.78 Å². The molecule has 0 spiro atoms. The van der Waals surface area contributed by atoms with Crippen molar-refractivity contribution >= 4 is 17.1 Å². The third-order valence-corrected chi connectivity index (χ3v) is 3.21. The molecule has 0 fully saturated rings. The molecule has 0 radical (unpaired) electrons. The highest BCUT2D eigenvalue weighted by Crippen LogP contribution is 2.22. The highest BCUT2D eigenvalue weighted by Gasteiger charge is 2.12. The van der Waals surface area contributed by atoms with Crippen LogP contribution in [0.25, 0.3) is 0 Å². The lowest BCUT2D eigenvalue weighted by molar-refractivity contribution is 0.0170. The maximum Gasteiger partial charge on any atom is 0.261 e. The number of Topliss-reactive ketones (excluding diaryl/α,β-unsaturated/α-hetero) is 1. The van der Waals surface area contributed by atoms with Gasteiger partial charge in [0.1, 0.15) is 6.61 Å². The van der Waals surface area contributed by atoms with Crippen molar-refractivity contribution in [1.29, 1.82) is 0 Å². The van der Waals surface area contributed by atoms with Gasteiger partial charge in [-0.2, -0.15) is 0 Å². The zero-order valence-electron chi connectivity index (χ0n) is 9.26. The van der Waals surface area contributed by atoms with Crippen molar-refractivity contribution < 1.29 is 18.3 Å². The number of carbonyl (C=O) groups excluding carboxylic acids is 1. The van der Waals surface area contributed by atoms with E-state index in [1.807, 2.05) is 19.9 Å². The zero-order chi connectivity index (χ0) is 12.1. The van der Waals surface area contributed by atoms with E-state index < -0.39 is 13.0 Å². The first-order valence-corrected chi connectivity index (χ1v) is 5.78. The predicted molar refractivity (Wildman–Crippen MR) is 59.6 cm³/mol. The molecule has 0 atom stereocenters. The Morgan fingerprint density at radius 2 is 2.19 bits per heavy atom. The Kier molecular flexibility index (Phi) is 5.02. The van der Waals surface area contributed by atoms with Crippen molar-refractivity contribution in [2.24, 2.45) is 0 Å². The summed E-state index contributed by atoms with van der Waals surface area (Å²) in [5, 5.41) is 0. The fourth-order valence-electron chi connectivity index (χ4n) is 1.37. The molecule has 1 rings (SSSR count). The summed E-state index contributed by atoms with van der Waals surface area (Å²) in [6, 6.07) is 1.94. The number of alkyl halides is 2. The standard InChI is InChI=1S/C11H14F2O2S/c1-7-5-8(2)16-11(7)9(14)3-4-15-6-10(12)13/h5,10H,3-4,6H2,1-2H3. The van der Waals surface area contributed by atoms with Gasteiger partial charge in [-0.05, 0) is 25.5 Å². The van der Waals surface area contributed by atoms with E-state index in [2.05, 4.69) is 4.74 Å². The number of halogens is 2. The van der Waals surface area contributed by atoms with Crippen LogP contribution in [-0.4, -0.2) is 25.4 Å². The Morgan fingerprint density at radius 3 is 2.69 bits per heavy atom. The molecule has 0 aliphatic rings.